The second-order valence-corrected chi connectivity index (χ2v) is 8.38. The lowest BCUT2D eigenvalue weighted by molar-refractivity contribution is 0.0673. The molecule has 0 saturated carbocycles. The zero-order chi connectivity index (χ0) is 20.1. The molecule has 1 N–H and O–H groups in total. The second kappa shape index (κ2) is 9.39. The van der Waals surface area contributed by atoms with Crippen molar-refractivity contribution in [3.63, 3.8) is 0 Å². The average molecular weight is 429 g/mol. The highest BCUT2D eigenvalue weighted by Crippen LogP contribution is 2.25. The van der Waals surface area contributed by atoms with Gasteiger partial charge in [0.25, 0.3) is 5.91 Å². The topological polar surface area (TPSA) is 60.5 Å². The first kappa shape index (κ1) is 19.9. The molecule has 0 spiro atoms. The zero-order valence-corrected chi connectivity index (χ0v) is 17.3. The Morgan fingerprint density at radius 1 is 1.24 bits per heavy atom. The standard InChI is InChI=1S/C22H21ClN2O3S/c23-16-9-7-15(8-10-16)12-18-13-24-22(29-18)25-21(26)19-5-1-2-6-20(19)28-14-17-4-3-11-27-17/h1-2,5-10,13,17H,3-4,11-12,14H2,(H,24,25,26). The number of aromatic nitrogens is 1. The summed E-state index contributed by atoms with van der Waals surface area (Å²) < 4.78 is 11.4. The molecule has 1 aliphatic heterocycles. The highest BCUT2D eigenvalue weighted by molar-refractivity contribution is 7.15. The molecule has 0 radical (unpaired) electrons. The fourth-order valence-electron chi connectivity index (χ4n) is 3.15. The van der Waals surface area contributed by atoms with E-state index in [1.54, 1.807) is 18.3 Å². The summed E-state index contributed by atoms with van der Waals surface area (Å²) in [7, 11) is 0. The van der Waals surface area contributed by atoms with Crippen LogP contribution in [0.3, 0.4) is 0 Å². The summed E-state index contributed by atoms with van der Waals surface area (Å²) in [5.41, 5.74) is 1.63. The smallest absolute Gasteiger partial charge is 0.261 e. The van der Waals surface area contributed by atoms with Crippen molar-refractivity contribution in [1.82, 2.24) is 4.98 Å². The molecular weight excluding hydrogens is 408 g/mol. The van der Waals surface area contributed by atoms with Crippen LogP contribution in [-0.4, -0.2) is 30.2 Å². The summed E-state index contributed by atoms with van der Waals surface area (Å²) in [5, 5.41) is 4.16. The van der Waals surface area contributed by atoms with Crippen molar-refractivity contribution in [1.29, 1.82) is 0 Å². The summed E-state index contributed by atoms with van der Waals surface area (Å²) in [6.07, 6.45) is 4.67. The number of nitrogens with one attached hydrogen (secondary N) is 1. The van der Waals surface area contributed by atoms with E-state index in [2.05, 4.69) is 10.3 Å². The van der Waals surface area contributed by atoms with Gasteiger partial charge in [0.05, 0.1) is 11.7 Å². The molecule has 1 unspecified atom stereocenters. The highest BCUT2D eigenvalue weighted by Gasteiger charge is 2.19. The van der Waals surface area contributed by atoms with E-state index in [4.69, 9.17) is 21.1 Å². The molecule has 0 aliphatic carbocycles. The molecule has 1 fully saturated rings. The van der Waals surface area contributed by atoms with Gasteiger partial charge in [0, 0.05) is 29.1 Å². The van der Waals surface area contributed by atoms with Crippen molar-refractivity contribution in [2.75, 3.05) is 18.5 Å². The molecule has 150 valence electrons. The first-order chi connectivity index (χ1) is 14.2. The number of benzene rings is 2. The minimum absolute atomic E-state index is 0.0977. The number of amides is 1. The molecule has 1 amide bonds. The number of halogens is 1. The second-order valence-electron chi connectivity index (χ2n) is 6.83. The molecule has 29 heavy (non-hydrogen) atoms. The van der Waals surface area contributed by atoms with E-state index in [-0.39, 0.29) is 12.0 Å². The molecule has 1 aliphatic rings. The van der Waals surface area contributed by atoms with Gasteiger partial charge in [-0.15, -0.1) is 11.3 Å². The van der Waals surface area contributed by atoms with E-state index in [0.29, 0.717) is 28.1 Å². The van der Waals surface area contributed by atoms with Crippen molar-refractivity contribution in [3.05, 3.63) is 75.8 Å². The Balaban J connectivity index is 1.39. The number of carbonyl (C=O) groups excluding carboxylic acids is 1. The molecule has 1 aromatic heterocycles. The molecule has 4 rings (SSSR count). The lowest BCUT2D eigenvalue weighted by Gasteiger charge is -2.14. The lowest BCUT2D eigenvalue weighted by atomic mass is 10.1. The first-order valence-electron chi connectivity index (χ1n) is 9.51. The van der Waals surface area contributed by atoms with Gasteiger partial charge in [0.1, 0.15) is 12.4 Å². The van der Waals surface area contributed by atoms with E-state index in [1.807, 2.05) is 36.4 Å². The number of thiazole rings is 1. The fraction of sp³-hybridized carbons (Fsp3) is 0.273. The summed E-state index contributed by atoms with van der Waals surface area (Å²) in [5.74, 6) is 0.318. The van der Waals surface area contributed by atoms with Gasteiger partial charge in [-0.05, 0) is 42.7 Å². The normalized spacial score (nSPS) is 16.0. The van der Waals surface area contributed by atoms with Crippen LogP contribution in [0.5, 0.6) is 5.75 Å². The maximum Gasteiger partial charge on any atom is 0.261 e. The van der Waals surface area contributed by atoms with Crippen molar-refractivity contribution < 1.29 is 14.3 Å². The van der Waals surface area contributed by atoms with Gasteiger partial charge in [-0.2, -0.15) is 0 Å². The van der Waals surface area contributed by atoms with Crippen molar-refractivity contribution in [3.8, 4) is 5.75 Å². The Morgan fingerprint density at radius 2 is 2.07 bits per heavy atom. The van der Waals surface area contributed by atoms with Crippen LogP contribution in [0.25, 0.3) is 0 Å². The fourth-order valence-corrected chi connectivity index (χ4v) is 4.12. The Hall–Kier alpha value is -2.41. The predicted molar refractivity (Wildman–Crippen MR) is 115 cm³/mol. The molecular formula is C22H21ClN2O3S. The monoisotopic (exact) mass is 428 g/mol. The number of carbonyl (C=O) groups is 1. The van der Waals surface area contributed by atoms with Gasteiger partial charge >= 0.3 is 0 Å². The number of rotatable bonds is 7. The lowest BCUT2D eigenvalue weighted by Crippen LogP contribution is -2.19. The molecule has 3 aromatic rings. The number of hydrogen-bond acceptors (Lipinski definition) is 5. The summed E-state index contributed by atoms with van der Waals surface area (Å²) in [6.45, 7) is 1.23. The third-order valence-corrected chi connectivity index (χ3v) is 5.81. The molecule has 5 nitrogen and oxygen atoms in total. The van der Waals surface area contributed by atoms with E-state index < -0.39 is 0 Å². The first-order valence-corrected chi connectivity index (χ1v) is 10.7. The van der Waals surface area contributed by atoms with Crippen molar-refractivity contribution >= 4 is 34.0 Å². The minimum atomic E-state index is -0.236. The van der Waals surface area contributed by atoms with Crippen LogP contribution in [0, 0.1) is 0 Å². The molecule has 2 aromatic carbocycles. The van der Waals surface area contributed by atoms with Crippen molar-refractivity contribution in [2.24, 2.45) is 0 Å². The van der Waals surface area contributed by atoms with E-state index >= 15 is 0 Å². The van der Waals surface area contributed by atoms with Crippen molar-refractivity contribution in [2.45, 2.75) is 25.4 Å². The number of para-hydroxylation sites is 1. The maximum absolute atomic E-state index is 12.8. The summed E-state index contributed by atoms with van der Waals surface area (Å²) in [4.78, 5) is 18.2. The van der Waals surface area contributed by atoms with E-state index in [0.717, 1.165) is 36.3 Å². The van der Waals surface area contributed by atoms with Gasteiger partial charge in [0.15, 0.2) is 5.13 Å². The quantitative estimate of drug-likeness (QED) is 0.562. The highest BCUT2D eigenvalue weighted by atomic mass is 35.5. The van der Waals surface area contributed by atoms with Gasteiger partial charge in [0.2, 0.25) is 0 Å². The molecule has 7 heteroatoms. The van der Waals surface area contributed by atoms with Crippen LogP contribution < -0.4 is 10.1 Å². The van der Waals surface area contributed by atoms with E-state index in [1.165, 1.54) is 11.3 Å². The van der Waals surface area contributed by atoms with Crippen LogP contribution >= 0.6 is 22.9 Å². The predicted octanol–water partition coefficient (Wildman–Crippen LogP) is 5.20. The van der Waals surface area contributed by atoms with Crippen LogP contribution in [0.2, 0.25) is 5.02 Å². The number of hydrogen-bond donors (Lipinski definition) is 1. The van der Waals surface area contributed by atoms with Crippen LogP contribution in [0.15, 0.2) is 54.7 Å². The van der Waals surface area contributed by atoms with Gasteiger partial charge < -0.3 is 9.47 Å². The average Bonchev–Trinajstić information content (AvgIpc) is 3.40. The van der Waals surface area contributed by atoms with Crippen LogP contribution in [0.4, 0.5) is 5.13 Å². The Kier molecular flexibility index (Phi) is 6.44. The maximum atomic E-state index is 12.8. The van der Waals surface area contributed by atoms with Gasteiger partial charge in [-0.25, -0.2) is 4.98 Å². The summed E-state index contributed by atoms with van der Waals surface area (Å²) >= 11 is 7.39. The number of anilines is 1. The Morgan fingerprint density at radius 3 is 2.86 bits per heavy atom. The Bertz CT molecular complexity index is 968. The van der Waals surface area contributed by atoms with Gasteiger partial charge in [-0.3, -0.25) is 10.1 Å². The SMILES string of the molecule is O=C(Nc1ncc(Cc2ccc(Cl)cc2)s1)c1ccccc1OCC1CCCO1. The third-order valence-electron chi connectivity index (χ3n) is 4.65. The Labute approximate surface area is 178 Å². The zero-order valence-electron chi connectivity index (χ0n) is 15.8. The number of ether oxygens (including phenoxy) is 2. The van der Waals surface area contributed by atoms with E-state index in [9.17, 15) is 4.79 Å². The largest absolute Gasteiger partial charge is 0.490 e. The molecule has 2 heterocycles. The van der Waals surface area contributed by atoms with Gasteiger partial charge in [-0.1, -0.05) is 35.9 Å². The summed E-state index contributed by atoms with van der Waals surface area (Å²) in [6, 6.07) is 14.9. The molecule has 1 atom stereocenters. The van der Waals surface area contributed by atoms with Crippen LogP contribution in [0.1, 0.15) is 33.6 Å². The number of nitrogens with zero attached hydrogens (tertiary/aromatic N) is 1. The minimum Gasteiger partial charge on any atom is -0.490 e. The third kappa shape index (κ3) is 5.35. The molecule has 1 saturated heterocycles. The molecule has 0 bridgehead atoms. The van der Waals surface area contributed by atoms with Crippen LogP contribution in [-0.2, 0) is 11.2 Å².